The topological polar surface area (TPSA) is 318 Å². The summed E-state index contributed by atoms with van der Waals surface area (Å²) in [6, 6.07) is -0.328. The summed E-state index contributed by atoms with van der Waals surface area (Å²) in [5, 5.41) is 65.6. The maximum absolute atomic E-state index is 15.2. The number of β-amino-alcohol motifs (C(OH)–C–C–N with tert-alkyl or cyclic N) is 1. The van der Waals surface area contributed by atoms with Gasteiger partial charge >= 0.3 is 41.6 Å². The summed E-state index contributed by atoms with van der Waals surface area (Å²) in [5.41, 5.74) is -3.68. The van der Waals surface area contributed by atoms with Crippen molar-refractivity contribution in [3.8, 4) is 0 Å². The number of halogens is 1. The predicted molar refractivity (Wildman–Crippen MR) is 409 cm³/mol. The van der Waals surface area contributed by atoms with Crippen LogP contribution in [0.4, 0.5) is 14.0 Å². The molecule has 0 aromatic heterocycles. The first kappa shape index (κ1) is 93.1. The Morgan fingerprint density at radius 1 is 0.351 bits per heavy atom. The van der Waals surface area contributed by atoms with Gasteiger partial charge < -0.3 is 127 Å². The van der Waals surface area contributed by atoms with Crippen LogP contribution in [0.1, 0.15) is 170 Å². The molecule has 0 aliphatic carbocycles. The van der Waals surface area contributed by atoms with E-state index in [1.807, 2.05) is 9.80 Å². The number of amides is 4. The predicted octanol–water partition coefficient (Wildman–Crippen LogP) is 3.49. The van der Waals surface area contributed by atoms with Crippen LogP contribution in [0.3, 0.4) is 0 Å². The van der Waals surface area contributed by atoms with Crippen LogP contribution in [0.2, 0.25) is 0 Å². The summed E-state index contributed by atoms with van der Waals surface area (Å²) in [5.74, 6) is 0. The van der Waals surface area contributed by atoms with Gasteiger partial charge in [-0.25, -0.2) is 9.59 Å². The Morgan fingerprint density at radius 3 is 0.737 bits per heavy atom. The standard InChI is InChI=1S/C39H68N4O12.C30H50N4O8.C10H22O4.CH3F.Na.H/c1-47-18-19-52-20-21-53-22-23-54-24-25-55-34-30-40(32-26-36(2-10-48-11-3-36)42(45)37(27-32)4-12-49-13-5-37)35(44)41(31-34)33-28-38(6-14-50-15-7-38)43(46)39(29-33)8-16-51-17-9-39;35-25-21-31(23-17-27(1-9-39-10-2-27)33(37)28(18-23)3-11-40-12-4-28)26(36)32(22-25)24-19-29(5-13-41-14-6-29)34(38)30(20-24)7-15-42-16-8-30;1-3-4-12-7-8-14-10-9-13-6-5-11-2;1-2;;/h32-34,45-46H,2-31H2,1H3;23-25,35,37-38H,1-22H2;3-10H2,1-2H3;1H3;;/q;;;;+1;-1/i;;;1D;;. The van der Waals surface area contributed by atoms with Gasteiger partial charge in [0.05, 0.1) is 184 Å². The van der Waals surface area contributed by atoms with Crippen molar-refractivity contribution in [3.05, 3.63) is 0 Å². The van der Waals surface area contributed by atoms with E-state index in [2.05, 4.69) is 16.7 Å². The molecule has 0 atom stereocenters. The zero-order chi connectivity index (χ0) is 80.4. The Kier molecular flexibility index (Phi) is 37.8. The summed E-state index contributed by atoms with van der Waals surface area (Å²) < 4.78 is 111. The molecule has 0 bridgehead atoms. The van der Waals surface area contributed by atoms with Crippen molar-refractivity contribution in [2.75, 3.05) is 252 Å². The average Bonchev–Trinajstić information content (AvgIpc) is 0.737. The van der Waals surface area contributed by atoms with Crippen molar-refractivity contribution < 1.29 is 153 Å². The average molecular weight is 1650 g/mol. The number of aliphatic hydroxyl groups is 1. The second kappa shape index (κ2) is 46.2. The number of urea groups is 2. The van der Waals surface area contributed by atoms with Gasteiger partial charge in [-0.3, -0.25) is 4.39 Å². The van der Waals surface area contributed by atoms with Crippen LogP contribution in [-0.2, 0) is 80.5 Å². The van der Waals surface area contributed by atoms with Gasteiger partial charge in [-0.15, -0.1) is 0 Å². The number of nitrogens with zero attached hydrogens (tertiary/aromatic N) is 8. The maximum atomic E-state index is 15.2. The fourth-order valence-electron chi connectivity index (χ4n) is 21.5. The molecule has 14 saturated heterocycles. The molecule has 8 spiro atoms. The van der Waals surface area contributed by atoms with Crippen molar-refractivity contribution in [1.82, 2.24) is 39.9 Å². The first-order chi connectivity index (χ1) is 55.5. The van der Waals surface area contributed by atoms with Crippen LogP contribution in [0, 0.1) is 0 Å². The van der Waals surface area contributed by atoms with Crippen LogP contribution < -0.4 is 29.6 Å². The Bertz CT molecular complexity index is 2510. The first-order valence-corrected chi connectivity index (χ1v) is 42.8. The second-order valence-electron chi connectivity index (χ2n) is 34.2. The number of rotatable bonds is 28. The van der Waals surface area contributed by atoms with Crippen molar-refractivity contribution in [3.63, 3.8) is 0 Å². The smallest absolute Gasteiger partial charge is 1.00 e. The van der Waals surface area contributed by atoms with Gasteiger partial charge in [0.25, 0.3) is 0 Å². The van der Waals surface area contributed by atoms with Crippen molar-refractivity contribution in [2.45, 2.75) is 248 Å². The van der Waals surface area contributed by atoms with Crippen molar-refractivity contribution >= 4 is 12.1 Å². The van der Waals surface area contributed by atoms with Crippen molar-refractivity contribution in [1.29, 1.82) is 0 Å². The van der Waals surface area contributed by atoms with E-state index in [-0.39, 0.29) is 73.3 Å². The van der Waals surface area contributed by atoms with E-state index in [1.165, 1.54) is 0 Å². The monoisotopic (exact) mass is 1640 g/mol. The molecule has 14 aliphatic rings. The largest absolute Gasteiger partial charge is 1.00 e. The molecular weight excluding hydrogens is 1500 g/mol. The first-order valence-electron chi connectivity index (χ1n) is 43.5. The van der Waals surface area contributed by atoms with Gasteiger partial charge in [0.15, 0.2) is 0 Å². The van der Waals surface area contributed by atoms with Crippen LogP contribution in [0.15, 0.2) is 0 Å². The van der Waals surface area contributed by atoms with Crippen LogP contribution in [0.25, 0.3) is 0 Å². The van der Waals surface area contributed by atoms with E-state index in [0.29, 0.717) is 276 Å². The number of hydrogen-bond acceptors (Lipinski definition) is 28. The number of hydrogen-bond donors (Lipinski definition) is 5. The van der Waals surface area contributed by atoms with E-state index in [0.717, 1.165) is 116 Å². The van der Waals surface area contributed by atoms with Gasteiger partial charge in [0, 0.05) is 151 Å². The summed E-state index contributed by atoms with van der Waals surface area (Å²) in [7, 11) is 2.31. The third-order valence-electron chi connectivity index (χ3n) is 27.5. The summed E-state index contributed by atoms with van der Waals surface area (Å²) in [6.07, 6.45) is 17.1. The van der Waals surface area contributed by atoms with E-state index in [4.69, 9.17) is 81.9 Å². The molecule has 0 aromatic carbocycles. The minimum absolute atomic E-state index is 0. The number of ether oxygens (including phenoxy) is 17. The molecule has 32 nitrogen and oxygen atoms in total. The third kappa shape index (κ3) is 23.1. The third-order valence-corrected chi connectivity index (χ3v) is 27.5. The Balaban J connectivity index is 0.000000222. The molecule has 0 saturated carbocycles. The summed E-state index contributed by atoms with van der Waals surface area (Å²) >= 11 is 0. The zero-order valence-corrected chi connectivity index (χ0v) is 71.5. The Morgan fingerprint density at radius 2 is 0.535 bits per heavy atom. The molecule has 14 aliphatic heterocycles. The maximum Gasteiger partial charge on any atom is 1.00 e. The van der Waals surface area contributed by atoms with E-state index >= 15 is 4.79 Å². The molecule has 5 N–H and O–H groups in total. The fraction of sp³-hybridized carbons (Fsp3) is 0.975. The van der Waals surface area contributed by atoms with Gasteiger partial charge in [-0.05, 0) is 161 Å². The number of alkyl halides is 1. The van der Waals surface area contributed by atoms with Crippen LogP contribution in [0.5, 0.6) is 0 Å². The number of hydroxylamine groups is 8. The summed E-state index contributed by atoms with van der Waals surface area (Å²) in [6.45, 7) is 21.7. The molecule has 0 aromatic rings. The Labute approximate surface area is 701 Å². The summed E-state index contributed by atoms with van der Waals surface area (Å²) in [4.78, 5) is 37.9. The normalized spacial score (nSPS) is 30.2. The van der Waals surface area contributed by atoms with Gasteiger partial charge in [-0.1, -0.05) is 6.92 Å². The quantitative estimate of drug-likeness (QED) is 0.0553. The number of aliphatic hydroxyl groups excluding tert-OH is 1. The molecule has 14 heterocycles. The molecule has 0 radical (unpaired) electrons. The van der Waals surface area contributed by atoms with E-state index < -0.39 is 57.6 Å². The van der Waals surface area contributed by atoms with E-state index in [1.54, 1.807) is 34.5 Å². The minimum Gasteiger partial charge on any atom is -1.00 e. The molecule has 14 rings (SSSR count). The number of carbonyl (C=O) groups excluding carboxylic acids is 2. The molecule has 0 unspecified atom stereocenters. The molecule has 656 valence electrons. The number of carbonyl (C=O) groups is 2. The molecule has 14 fully saturated rings. The molecule has 4 amide bonds. The second-order valence-corrected chi connectivity index (χ2v) is 34.2. The van der Waals surface area contributed by atoms with Crippen LogP contribution in [-0.4, -0.2) is 411 Å². The molecule has 114 heavy (non-hydrogen) atoms. The molecular formula is C80H144FN8NaO24. The fourth-order valence-corrected chi connectivity index (χ4v) is 21.5. The van der Waals surface area contributed by atoms with Gasteiger partial charge in [-0.2, -0.15) is 20.3 Å². The SMILES string of the molecule is CCCOCCOCCOCCOC.COCCOCCOCCOCCOC1CN(C2CC3(CCOCC3)N(O)C3(CCOCC3)C2)C(=O)N(C2CC3(CCOCC3)N(O)C3(CCOCC3)C2)C1.O=C1N(C2CC3(CCOCC3)N(O)C3(CCOCC3)C2)CC(O)CN1C1CC2(CCOCC2)N(O)C2(CCOCC2)C1.[2H]CF.[H-].[Na+]. The zero-order valence-electron chi connectivity index (χ0n) is 71.5. The van der Waals surface area contributed by atoms with Crippen molar-refractivity contribution in [2.24, 2.45) is 0 Å². The van der Waals surface area contributed by atoms with E-state index in [9.17, 15) is 35.1 Å². The van der Waals surface area contributed by atoms with Gasteiger partial charge in [0.1, 0.15) is 0 Å². The number of piperidine rings is 4. The van der Waals surface area contributed by atoms with Gasteiger partial charge in [0.2, 0.25) is 0 Å². The van der Waals surface area contributed by atoms with Crippen LogP contribution >= 0.6 is 0 Å². The minimum atomic E-state index is -1.00. The number of methoxy groups -OCH3 is 2. The molecule has 34 heteroatoms. The Hall–Kier alpha value is -1.57.